The van der Waals surface area contributed by atoms with Crippen LogP contribution in [-0.2, 0) is 13.1 Å². The SMILES string of the molecule is CCn1cc(Br)c(CN(C)C(=O)c2[nH]ncc2I)n1. The van der Waals surface area contributed by atoms with E-state index in [0.29, 0.717) is 12.2 Å². The fraction of sp³-hybridized carbons (Fsp3) is 0.364. The molecule has 2 aromatic rings. The first-order valence-corrected chi connectivity index (χ1v) is 7.56. The Labute approximate surface area is 132 Å². The molecular formula is C11H13BrIN5O. The molecule has 8 heteroatoms. The number of nitrogens with one attached hydrogen (secondary N) is 1. The van der Waals surface area contributed by atoms with Crippen LogP contribution in [0.1, 0.15) is 23.1 Å². The van der Waals surface area contributed by atoms with Crippen molar-refractivity contribution in [1.29, 1.82) is 0 Å². The second-order valence-electron chi connectivity index (χ2n) is 4.03. The van der Waals surface area contributed by atoms with Crippen molar-refractivity contribution in [3.63, 3.8) is 0 Å². The van der Waals surface area contributed by atoms with Gasteiger partial charge in [-0.05, 0) is 45.4 Å². The quantitative estimate of drug-likeness (QED) is 0.746. The van der Waals surface area contributed by atoms with Gasteiger partial charge in [0.05, 0.1) is 26.5 Å². The van der Waals surface area contributed by atoms with E-state index in [0.717, 1.165) is 20.3 Å². The first-order chi connectivity index (χ1) is 9.02. The van der Waals surface area contributed by atoms with Crippen molar-refractivity contribution in [2.24, 2.45) is 0 Å². The van der Waals surface area contributed by atoms with Gasteiger partial charge in [-0.25, -0.2) is 0 Å². The number of hydrogen-bond acceptors (Lipinski definition) is 3. The van der Waals surface area contributed by atoms with Crippen LogP contribution in [0.5, 0.6) is 0 Å². The number of aryl methyl sites for hydroxylation is 1. The number of rotatable bonds is 4. The van der Waals surface area contributed by atoms with Gasteiger partial charge in [-0.3, -0.25) is 14.6 Å². The van der Waals surface area contributed by atoms with E-state index in [1.165, 1.54) is 0 Å². The number of H-pyrrole nitrogens is 1. The van der Waals surface area contributed by atoms with E-state index in [2.05, 4.69) is 53.8 Å². The van der Waals surface area contributed by atoms with Gasteiger partial charge in [-0.15, -0.1) is 0 Å². The zero-order chi connectivity index (χ0) is 14.0. The second-order valence-corrected chi connectivity index (χ2v) is 6.05. The summed E-state index contributed by atoms with van der Waals surface area (Å²) >= 11 is 5.54. The normalized spacial score (nSPS) is 10.7. The first-order valence-electron chi connectivity index (χ1n) is 5.69. The van der Waals surface area contributed by atoms with Crippen LogP contribution < -0.4 is 0 Å². The van der Waals surface area contributed by atoms with Gasteiger partial charge in [0.15, 0.2) is 0 Å². The number of carbonyl (C=O) groups excluding carboxylic acids is 1. The molecule has 2 aromatic heterocycles. The Balaban J connectivity index is 2.12. The van der Waals surface area contributed by atoms with E-state index in [4.69, 9.17) is 0 Å². The molecule has 0 radical (unpaired) electrons. The van der Waals surface area contributed by atoms with E-state index >= 15 is 0 Å². The van der Waals surface area contributed by atoms with Crippen LogP contribution in [0.4, 0.5) is 0 Å². The average Bonchev–Trinajstić information content (AvgIpc) is 2.95. The zero-order valence-corrected chi connectivity index (χ0v) is 14.3. The predicted octanol–water partition coefficient (Wildman–Crippen LogP) is 2.27. The van der Waals surface area contributed by atoms with Crippen molar-refractivity contribution in [3.8, 4) is 0 Å². The third kappa shape index (κ3) is 3.16. The summed E-state index contributed by atoms with van der Waals surface area (Å²) in [5.41, 5.74) is 1.35. The fourth-order valence-corrected chi connectivity index (χ4v) is 2.55. The first kappa shape index (κ1) is 14.5. The van der Waals surface area contributed by atoms with Crippen LogP contribution in [0.2, 0.25) is 0 Å². The average molecular weight is 438 g/mol. The van der Waals surface area contributed by atoms with E-state index < -0.39 is 0 Å². The standard InChI is InChI=1S/C11H13BrIN5O/c1-3-18-5-7(12)9(16-18)6-17(2)11(19)10-8(13)4-14-15-10/h4-5H,3,6H2,1-2H3,(H,14,15). The molecule has 19 heavy (non-hydrogen) atoms. The fourth-order valence-electron chi connectivity index (χ4n) is 1.61. The molecule has 0 bridgehead atoms. The van der Waals surface area contributed by atoms with Gasteiger partial charge in [0.2, 0.25) is 0 Å². The van der Waals surface area contributed by atoms with Gasteiger partial charge in [-0.2, -0.15) is 10.2 Å². The van der Waals surface area contributed by atoms with Crippen molar-refractivity contribution < 1.29 is 4.79 Å². The highest BCUT2D eigenvalue weighted by atomic mass is 127. The molecule has 0 saturated heterocycles. The molecule has 0 aliphatic heterocycles. The van der Waals surface area contributed by atoms with Gasteiger partial charge in [0.25, 0.3) is 5.91 Å². The molecule has 102 valence electrons. The molecule has 0 fully saturated rings. The minimum Gasteiger partial charge on any atom is -0.334 e. The summed E-state index contributed by atoms with van der Waals surface area (Å²) in [5, 5.41) is 11.0. The second kappa shape index (κ2) is 6.04. The maximum atomic E-state index is 12.2. The lowest BCUT2D eigenvalue weighted by Crippen LogP contribution is -2.27. The van der Waals surface area contributed by atoms with E-state index in [1.54, 1.807) is 18.1 Å². The highest BCUT2D eigenvalue weighted by molar-refractivity contribution is 14.1. The Hall–Kier alpha value is -0.900. The van der Waals surface area contributed by atoms with Crippen LogP contribution in [0.15, 0.2) is 16.9 Å². The number of nitrogens with zero attached hydrogens (tertiary/aromatic N) is 4. The summed E-state index contributed by atoms with van der Waals surface area (Å²) < 4.78 is 3.55. The van der Waals surface area contributed by atoms with Gasteiger partial charge in [-0.1, -0.05) is 0 Å². The number of aromatic amines is 1. The van der Waals surface area contributed by atoms with Gasteiger partial charge < -0.3 is 4.90 Å². The van der Waals surface area contributed by atoms with Crippen LogP contribution in [0.3, 0.4) is 0 Å². The molecule has 6 nitrogen and oxygen atoms in total. The largest absolute Gasteiger partial charge is 0.334 e. The van der Waals surface area contributed by atoms with E-state index in [9.17, 15) is 4.79 Å². The summed E-state index contributed by atoms with van der Waals surface area (Å²) in [4.78, 5) is 13.8. The molecule has 0 spiro atoms. The van der Waals surface area contributed by atoms with Crippen LogP contribution in [0.25, 0.3) is 0 Å². The smallest absolute Gasteiger partial charge is 0.273 e. The highest BCUT2D eigenvalue weighted by Gasteiger charge is 2.18. The molecule has 0 aliphatic carbocycles. The lowest BCUT2D eigenvalue weighted by molar-refractivity contribution is 0.0776. The maximum absolute atomic E-state index is 12.2. The van der Waals surface area contributed by atoms with Crippen LogP contribution in [0, 0.1) is 3.57 Å². The number of carbonyl (C=O) groups is 1. The molecule has 0 aromatic carbocycles. The van der Waals surface area contributed by atoms with Crippen molar-refractivity contribution in [2.75, 3.05) is 7.05 Å². The molecule has 2 rings (SSSR count). The third-order valence-electron chi connectivity index (χ3n) is 2.65. The number of halogens is 2. The molecule has 2 heterocycles. The Kier molecular flexibility index (Phi) is 4.61. The van der Waals surface area contributed by atoms with Gasteiger partial charge in [0.1, 0.15) is 5.69 Å². The molecule has 0 unspecified atom stereocenters. The molecule has 0 aliphatic rings. The van der Waals surface area contributed by atoms with Crippen molar-refractivity contribution in [3.05, 3.63) is 31.8 Å². The summed E-state index contributed by atoms with van der Waals surface area (Å²) in [5.74, 6) is -0.0974. The molecule has 0 saturated carbocycles. The summed E-state index contributed by atoms with van der Waals surface area (Å²) in [7, 11) is 1.75. The Morgan fingerprint density at radius 3 is 2.89 bits per heavy atom. The Morgan fingerprint density at radius 1 is 1.63 bits per heavy atom. The van der Waals surface area contributed by atoms with Crippen molar-refractivity contribution in [2.45, 2.75) is 20.0 Å². The number of amides is 1. The van der Waals surface area contributed by atoms with Gasteiger partial charge >= 0.3 is 0 Å². The number of aromatic nitrogens is 4. The molecular weight excluding hydrogens is 425 g/mol. The molecule has 1 amide bonds. The maximum Gasteiger partial charge on any atom is 0.273 e. The zero-order valence-electron chi connectivity index (χ0n) is 10.5. The van der Waals surface area contributed by atoms with Crippen LogP contribution in [-0.4, -0.2) is 37.8 Å². The highest BCUT2D eigenvalue weighted by Crippen LogP contribution is 2.18. The lowest BCUT2D eigenvalue weighted by atomic mass is 10.3. The molecule has 0 atom stereocenters. The van der Waals surface area contributed by atoms with Crippen molar-refractivity contribution in [1.82, 2.24) is 24.9 Å². The minimum atomic E-state index is -0.0974. The monoisotopic (exact) mass is 437 g/mol. The van der Waals surface area contributed by atoms with Crippen molar-refractivity contribution >= 4 is 44.4 Å². The summed E-state index contributed by atoms with van der Waals surface area (Å²) in [6, 6.07) is 0. The van der Waals surface area contributed by atoms with Gasteiger partial charge in [0, 0.05) is 19.8 Å². The Bertz CT molecular complexity index is 594. The van der Waals surface area contributed by atoms with E-state index in [-0.39, 0.29) is 5.91 Å². The summed E-state index contributed by atoms with van der Waals surface area (Å²) in [6.45, 7) is 3.27. The van der Waals surface area contributed by atoms with E-state index in [1.807, 2.05) is 17.8 Å². The summed E-state index contributed by atoms with van der Waals surface area (Å²) in [6.07, 6.45) is 3.54. The Morgan fingerprint density at radius 2 is 2.37 bits per heavy atom. The minimum absolute atomic E-state index is 0.0974. The predicted molar refractivity (Wildman–Crippen MR) is 82.7 cm³/mol. The molecule has 1 N–H and O–H groups in total. The number of hydrogen-bond donors (Lipinski definition) is 1. The topological polar surface area (TPSA) is 66.8 Å². The van der Waals surface area contributed by atoms with Crippen LogP contribution >= 0.6 is 38.5 Å². The lowest BCUT2D eigenvalue weighted by Gasteiger charge is -2.15. The third-order valence-corrected chi connectivity index (χ3v) is 4.13.